The smallest absolute Gasteiger partial charge is 0.335 e. The largest absolute Gasteiger partial charge is 0.478 e. The maximum Gasteiger partial charge on any atom is 0.335 e. The second kappa shape index (κ2) is 5.37. The first-order valence-corrected chi connectivity index (χ1v) is 6.82. The van der Waals surface area contributed by atoms with E-state index < -0.39 is 5.97 Å². The SMILES string of the molecule is O=C(O)c1ccc(/C=C2\CCc3ccccc3C2=O)cc1. The zero-order valence-corrected chi connectivity index (χ0v) is 11.4. The van der Waals surface area contributed by atoms with Crippen LogP contribution >= 0.6 is 0 Å². The Kier molecular flexibility index (Phi) is 3.40. The van der Waals surface area contributed by atoms with Crippen LogP contribution in [0.5, 0.6) is 0 Å². The normalized spacial score (nSPS) is 15.8. The van der Waals surface area contributed by atoms with Gasteiger partial charge in [-0.05, 0) is 42.2 Å². The minimum absolute atomic E-state index is 0.0687. The van der Waals surface area contributed by atoms with Gasteiger partial charge < -0.3 is 5.11 Å². The van der Waals surface area contributed by atoms with Gasteiger partial charge in [-0.25, -0.2) is 4.79 Å². The van der Waals surface area contributed by atoms with E-state index in [-0.39, 0.29) is 11.3 Å². The zero-order valence-electron chi connectivity index (χ0n) is 11.4. The van der Waals surface area contributed by atoms with Crippen LogP contribution in [0.1, 0.15) is 38.3 Å². The lowest BCUT2D eigenvalue weighted by Crippen LogP contribution is -2.13. The highest BCUT2D eigenvalue weighted by Gasteiger charge is 2.20. The standard InChI is InChI=1S/C18H14O3/c19-17-15(10-9-13-3-1-2-4-16(13)17)11-12-5-7-14(8-6-12)18(20)21/h1-8,11H,9-10H2,(H,20,21)/b15-11+. The van der Waals surface area contributed by atoms with Crippen LogP contribution in [0.4, 0.5) is 0 Å². The number of aromatic carboxylic acids is 1. The van der Waals surface area contributed by atoms with Crippen molar-refractivity contribution >= 4 is 17.8 Å². The van der Waals surface area contributed by atoms with Crippen LogP contribution in [0.25, 0.3) is 6.08 Å². The van der Waals surface area contributed by atoms with Gasteiger partial charge in [-0.15, -0.1) is 0 Å². The maximum atomic E-state index is 12.4. The van der Waals surface area contributed by atoms with E-state index >= 15 is 0 Å². The molecule has 0 saturated carbocycles. The van der Waals surface area contributed by atoms with Gasteiger partial charge in [0.05, 0.1) is 5.56 Å². The minimum Gasteiger partial charge on any atom is -0.478 e. The molecule has 3 rings (SSSR count). The van der Waals surface area contributed by atoms with E-state index in [1.807, 2.05) is 30.3 Å². The van der Waals surface area contributed by atoms with Gasteiger partial charge in [-0.2, -0.15) is 0 Å². The number of carboxylic acids is 1. The highest BCUT2D eigenvalue weighted by molar-refractivity contribution is 6.13. The molecular weight excluding hydrogens is 264 g/mol. The van der Waals surface area contributed by atoms with Gasteiger partial charge in [0.25, 0.3) is 0 Å². The van der Waals surface area contributed by atoms with Gasteiger partial charge >= 0.3 is 5.97 Å². The van der Waals surface area contributed by atoms with E-state index in [0.29, 0.717) is 0 Å². The van der Waals surface area contributed by atoms with Crippen molar-refractivity contribution in [3.8, 4) is 0 Å². The molecule has 0 unspecified atom stereocenters. The molecule has 1 aliphatic rings. The molecule has 0 bridgehead atoms. The summed E-state index contributed by atoms with van der Waals surface area (Å²) in [6.45, 7) is 0. The van der Waals surface area contributed by atoms with E-state index in [2.05, 4.69) is 0 Å². The predicted octanol–water partition coefficient (Wildman–Crippen LogP) is 3.60. The molecule has 0 spiro atoms. The third-order valence-corrected chi connectivity index (χ3v) is 3.72. The van der Waals surface area contributed by atoms with Crippen LogP contribution in [0, 0.1) is 0 Å². The van der Waals surface area contributed by atoms with Crippen LogP contribution in [0.3, 0.4) is 0 Å². The van der Waals surface area contributed by atoms with Crippen molar-refractivity contribution in [2.45, 2.75) is 12.8 Å². The minimum atomic E-state index is -0.947. The van der Waals surface area contributed by atoms with Crippen LogP contribution in [0.2, 0.25) is 0 Å². The van der Waals surface area contributed by atoms with Crippen molar-refractivity contribution in [2.24, 2.45) is 0 Å². The summed E-state index contributed by atoms with van der Waals surface area (Å²) in [5.41, 5.74) is 3.75. The highest BCUT2D eigenvalue weighted by atomic mass is 16.4. The van der Waals surface area contributed by atoms with Crippen LogP contribution in [0.15, 0.2) is 54.1 Å². The number of benzene rings is 2. The summed E-state index contributed by atoms with van der Waals surface area (Å²) in [6, 6.07) is 14.2. The Hall–Kier alpha value is -2.68. The molecule has 0 atom stereocenters. The first kappa shape index (κ1) is 13.3. The van der Waals surface area contributed by atoms with Gasteiger partial charge in [0.2, 0.25) is 0 Å². The van der Waals surface area contributed by atoms with Crippen LogP contribution in [-0.2, 0) is 6.42 Å². The molecule has 3 heteroatoms. The zero-order chi connectivity index (χ0) is 14.8. The van der Waals surface area contributed by atoms with Crippen molar-refractivity contribution in [2.75, 3.05) is 0 Å². The number of aryl methyl sites for hydroxylation is 1. The second-order valence-electron chi connectivity index (χ2n) is 5.08. The summed E-state index contributed by atoms with van der Waals surface area (Å²) in [5.74, 6) is -0.879. The van der Waals surface area contributed by atoms with E-state index in [4.69, 9.17) is 5.11 Å². The number of rotatable bonds is 2. The van der Waals surface area contributed by atoms with Crippen LogP contribution < -0.4 is 0 Å². The third-order valence-electron chi connectivity index (χ3n) is 3.72. The Bertz CT molecular complexity index is 739. The lowest BCUT2D eigenvalue weighted by Gasteiger charge is -2.17. The number of ketones is 1. The lowest BCUT2D eigenvalue weighted by atomic mass is 9.86. The lowest BCUT2D eigenvalue weighted by molar-refractivity contribution is 0.0696. The average molecular weight is 278 g/mol. The number of hydrogen-bond donors (Lipinski definition) is 1. The van der Waals surface area contributed by atoms with Gasteiger partial charge in [0, 0.05) is 11.1 Å². The Morgan fingerprint density at radius 2 is 1.71 bits per heavy atom. The molecule has 0 aliphatic heterocycles. The molecule has 104 valence electrons. The first-order chi connectivity index (χ1) is 10.1. The Balaban J connectivity index is 1.91. The molecule has 0 radical (unpaired) electrons. The summed E-state index contributed by atoms with van der Waals surface area (Å²) in [4.78, 5) is 23.3. The molecule has 2 aromatic rings. The average Bonchev–Trinajstić information content (AvgIpc) is 2.51. The summed E-state index contributed by atoms with van der Waals surface area (Å²) in [5, 5.41) is 8.88. The van der Waals surface area contributed by atoms with E-state index in [0.717, 1.165) is 35.1 Å². The molecule has 0 amide bonds. The monoisotopic (exact) mass is 278 g/mol. The van der Waals surface area contributed by atoms with Gasteiger partial charge in [0.1, 0.15) is 0 Å². The van der Waals surface area contributed by atoms with Crippen molar-refractivity contribution < 1.29 is 14.7 Å². The van der Waals surface area contributed by atoms with Crippen molar-refractivity contribution in [3.05, 3.63) is 76.4 Å². The predicted molar refractivity (Wildman–Crippen MR) is 80.5 cm³/mol. The summed E-state index contributed by atoms with van der Waals surface area (Å²) in [7, 11) is 0. The van der Waals surface area contributed by atoms with Gasteiger partial charge in [-0.1, -0.05) is 36.4 Å². The molecule has 0 saturated heterocycles. The fourth-order valence-electron chi connectivity index (χ4n) is 2.58. The Labute approximate surface area is 122 Å². The Morgan fingerprint density at radius 3 is 2.43 bits per heavy atom. The number of fused-ring (bicyclic) bond motifs is 1. The van der Waals surface area contributed by atoms with Crippen molar-refractivity contribution in [1.29, 1.82) is 0 Å². The molecule has 1 aliphatic carbocycles. The molecule has 0 aromatic heterocycles. The van der Waals surface area contributed by atoms with Gasteiger partial charge in [0.15, 0.2) is 5.78 Å². The number of Topliss-reactive ketones (excluding diaryl/α,β-unsaturated/α-hetero) is 1. The van der Waals surface area contributed by atoms with E-state index in [1.165, 1.54) is 0 Å². The quantitative estimate of drug-likeness (QED) is 0.854. The molecule has 21 heavy (non-hydrogen) atoms. The topological polar surface area (TPSA) is 54.4 Å². The molecule has 0 fully saturated rings. The molecule has 3 nitrogen and oxygen atoms in total. The number of hydrogen-bond acceptors (Lipinski definition) is 2. The molecule has 1 N–H and O–H groups in total. The van der Waals surface area contributed by atoms with Gasteiger partial charge in [-0.3, -0.25) is 4.79 Å². The maximum absolute atomic E-state index is 12.4. The number of carbonyl (C=O) groups excluding carboxylic acids is 1. The number of carboxylic acid groups (broad SMARTS) is 1. The highest BCUT2D eigenvalue weighted by Crippen LogP contribution is 2.26. The summed E-state index contributed by atoms with van der Waals surface area (Å²) < 4.78 is 0. The fourth-order valence-corrected chi connectivity index (χ4v) is 2.58. The second-order valence-corrected chi connectivity index (χ2v) is 5.08. The molecule has 2 aromatic carbocycles. The van der Waals surface area contributed by atoms with Crippen molar-refractivity contribution in [1.82, 2.24) is 0 Å². The Morgan fingerprint density at radius 1 is 1.00 bits per heavy atom. The summed E-state index contributed by atoms with van der Waals surface area (Å²) in [6.07, 6.45) is 3.43. The first-order valence-electron chi connectivity index (χ1n) is 6.82. The molecule has 0 heterocycles. The fraction of sp³-hybridized carbons (Fsp3) is 0.111. The van der Waals surface area contributed by atoms with E-state index in [1.54, 1.807) is 24.3 Å². The van der Waals surface area contributed by atoms with Crippen LogP contribution in [-0.4, -0.2) is 16.9 Å². The van der Waals surface area contributed by atoms with E-state index in [9.17, 15) is 9.59 Å². The number of carbonyl (C=O) groups is 2. The third kappa shape index (κ3) is 2.63. The number of allylic oxidation sites excluding steroid dienone is 1. The van der Waals surface area contributed by atoms with Crippen molar-refractivity contribution in [3.63, 3.8) is 0 Å². The summed E-state index contributed by atoms with van der Waals surface area (Å²) >= 11 is 0. The molecular formula is C18H14O3.